The Hall–Kier alpha value is -0.180. The molecule has 0 heterocycles. The molecule has 1 nitrogen and oxygen atoms in total. The standard InChI is InChI=1S/C5H10F2O/c1-2-5(6,7)3-4-8/h8H,2-4H2,1H3. The Bertz CT molecular complexity index is 63.4. The molecule has 3 heteroatoms. The van der Waals surface area contributed by atoms with E-state index < -0.39 is 19.0 Å². The fourth-order valence-electron chi connectivity index (χ4n) is 0.340. The molecular weight excluding hydrogens is 114 g/mol. The maximum Gasteiger partial charge on any atom is 0.250 e. The topological polar surface area (TPSA) is 20.2 Å². The SMILES string of the molecule is CCC(F)(F)CCO. The van der Waals surface area contributed by atoms with Crippen molar-refractivity contribution < 1.29 is 13.9 Å². The quantitative estimate of drug-likeness (QED) is 0.603. The van der Waals surface area contributed by atoms with E-state index in [1.807, 2.05) is 0 Å². The molecule has 0 bridgehead atoms. The Labute approximate surface area is 47.3 Å². The molecule has 0 amide bonds. The Morgan fingerprint density at radius 2 is 2.00 bits per heavy atom. The minimum Gasteiger partial charge on any atom is -0.396 e. The van der Waals surface area contributed by atoms with E-state index in [1.165, 1.54) is 6.92 Å². The molecule has 0 aliphatic carbocycles. The Balaban J connectivity index is 3.37. The van der Waals surface area contributed by atoms with Crippen LogP contribution in [-0.4, -0.2) is 17.6 Å². The van der Waals surface area contributed by atoms with Crippen LogP contribution in [0.3, 0.4) is 0 Å². The number of aliphatic hydroxyl groups is 1. The van der Waals surface area contributed by atoms with Crippen molar-refractivity contribution in [1.82, 2.24) is 0 Å². The van der Waals surface area contributed by atoms with Crippen molar-refractivity contribution in [2.45, 2.75) is 25.7 Å². The molecule has 0 aromatic heterocycles. The second-order valence-corrected chi connectivity index (χ2v) is 1.68. The Morgan fingerprint density at radius 3 is 2.12 bits per heavy atom. The minimum atomic E-state index is -2.66. The van der Waals surface area contributed by atoms with Crippen LogP contribution in [0, 0.1) is 0 Å². The molecule has 0 unspecified atom stereocenters. The Kier molecular flexibility index (Phi) is 2.90. The van der Waals surface area contributed by atoms with E-state index in [1.54, 1.807) is 0 Å². The van der Waals surface area contributed by atoms with Gasteiger partial charge in [-0.05, 0) is 0 Å². The van der Waals surface area contributed by atoms with Gasteiger partial charge in [0.05, 0.1) is 0 Å². The molecule has 0 saturated heterocycles. The summed E-state index contributed by atoms with van der Waals surface area (Å²) < 4.78 is 24.0. The van der Waals surface area contributed by atoms with Gasteiger partial charge in [0.15, 0.2) is 0 Å². The summed E-state index contributed by atoms with van der Waals surface area (Å²) in [4.78, 5) is 0. The molecule has 0 atom stereocenters. The van der Waals surface area contributed by atoms with Gasteiger partial charge in [-0.25, -0.2) is 8.78 Å². The molecule has 0 spiro atoms. The van der Waals surface area contributed by atoms with E-state index >= 15 is 0 Å². The fraction of sp³-hybridized carbons (Fsp3) is 1.00. The average Bonchev–Trinajstić information content (AvgIpc) is 1.67. The van der Waals surface area contributed by atoms with Crippen molar-refractivity contribution in [3.05, 3.63) is 0 Å². The lowest BCUT2D eigenvalue weighted by atomic mass is 10.2. The molecule has 1 N–H and O–H groups in total. The average molecular weight is 124 g/mol. The van der Waals surface area contributed by atoms with Gasteiger partial charge in [0.1, 0.15) is 0 Å². The van der Waals surface area contributed by atoms with Crippen molar-refractivity contribution in [2.75, 3.05) is 6.61 Å². The molecule has 0 aliphatic rings. The second-order valence-electron chi connectivity index (χ2n) is 1.68. The third kappa shape index (κ3) is 2.91. The smallest absolute Gasteiger partial charge is 0.250 e. The first-order valence-corrected chi connectivity index (χ1v) is 2.61. The maximum absolute atomic E-state index is 12.0. The number of halogens is 2. The number of aliphatic hydroxyl groups excluding tert-OH is 1. The van der Waals surface area contributed by atoms with Crippen molar-refractivity contribution in [2.24, 2.45) is 0 Å². The van der Waals surface area contributed by atoms with Crippen LogP contribution in [0.2, 0.25) is 0 Å². The highest BCUT2D eigenvalue weighted by Gasteiger charge is 2.24. The van der Waals surface area contributed by atoms with Crippen LogP contribution in [0.25, 0.3) is 0 Å². The summed E-state index contributed by atoms with van der Waals surface area (Å²) in [6, 6.07) is 0. The van der Waals surface area contributed by atoms with Crippen LogP contribution in [0.5, 0.6) is 0 Å². The zero-order valence-electron chi connectivity index (χ0n) is 4.82. The molecule has 0 aromatic rings. The summed E-state index contributed by atoms with van der Waals surface area (Å²) in [6.07, 6.45) is -0.600. The summed E-state index contributed by atoms with van der Waals surface area (Å²) in [6.45, 7) is 0.969. The largest absolute Gasteiger partial charge is 0.396 e. The number of hydrogen-bond donors (Lipinski definition) is 1. The molecule has 0 radical (unpaired) electrons. The van der Waals surface area contributed by atoms with Gasteiger partial charge in [-0.3, -0.25) is 0 Å². The van der Waals surface area contributed by atoms with Gasteiger partial charge in [0, 0.05) is 19.4 Å². The van der Waals surface area contributed by atoms with Crippen molar-refractivity contribution in [3.8, 4) is 0 Å². The summed E-state index contributed by atoms with van der Waals surface area (Å²) in [5, 5.41) is 8.05. The van der Waals surface area contributed by atoms with Gasteiger partial charge >= 0.3 is 0 Å². The van der Waals surface area contributed by atoms with Crippen LogP contribution in [0.15, 0.2) is 0 Å². The van der Waals surface area contributed by atoms with E-state index in [4.69, 9.17) is 5.11 Å². The predicted octanol–water partition coefficient (Wildman–Crippen LogP) is 1.41. The molecule has 0 aliphatic heterocycles. The summed E-state index contributed by atoms with van der Waals surface area (Å²) in [5.41, 5.74) is 0. The van der Waals surface area contributed by atoms with E-state index in [9.17, 15) is 8.78 Å². The van der Waals surface area contributed by atoms with Gasteiger partial charge in [0.25, 0.3) is 0 Å². The van der Waals surface area contributed by atoms with E-state index in [-0.39, 0.29) is 6.42 Å². The van der Waals surface area contributed by atoms with Gasteiger partial charge < -0.3 is 5.11 Å². The summed E-state index contributed by atoms with van der Waals surface area (Å²) in [5.74, 6) is -2.66. The third-order valence-corrected chi connectivity index (χ3v) is 0.995. The highest BCUT2D eigenvalue weighted by atomic mass is 19.3. The number of hydrogen-bond acceptors (Lipinski definition) is 1. The van der Waals surface area contributed by atoms with Gasteiger partial charge in [-0.15, -0.1) is 0 Å². The van der Waals surface area contributed by atoms with Crippen molar-refractivity contribution >= 4 is 0 Å². The van der Waals surface area contributed by atoms with Gasteiger partial charge in [-0.2, -0.15) is 0 Å². The first-order chi connectivity index (χ1) is 3.62. The molecule has 8 heavy (non-hydrogen) atoms. The first kappa shape index (κ1) is 7.82. The fourth-order valence-corrected chi connectivity index (χ4v) is 0.340. The van der Waals surface area contributed by atoms with Crippen molar-refractivity contribution in [1.29, 1.82) is 0 Å². The van der Waals surface area contributed by atoms with Gasteiger partial charge in [0.2, 0.25) is 5.92 Å². The lowest BCUT2D eigenvalue weighted by Gasteiger charge is -2.10. The molecule has 0 saturated carbocycles. The highest BCUT2D eigenvalue weighted by Crippen LogP contribution is 2.20. The van der Waals surface area contributed by atoms with Crippen LogP contribution in [0.4, 0.5) is 8.78 Å². The number of alkyl halides is 2. The summed E-state index contributed by atoms with van der Waals surface area (Å²) in [7, 11) is 0. The lowest BCUT2D eigenvalue weighted by Crippen LogP contribution is -2.15. The predicted molar refractivity (Wildman–Crippen MR) is 26.9 cm³/mol. The van der Waals surface area contributed by atoms with Crippen LogP contribution in [0.1, 0.15) is 19.8 Å². The second kappa shape index (κ2) is 2.97. The van der Waals surface area contributed by atoms with Crippen LogP contribution >= 0.6 is 0 Å². The van der Waals surface area contributed by atoms with E-state index in [0.717, 1.165) is 0 Å². The molecule has 0 aromatic carbocycles. The molecule has 0 fully saturated rings. The minimum absolute atomic E-state index is 0.187. The lowest BCUT2D eigenvalue weighted by molar-refractivity contribution is -0.0244. The first-order valence-electron chi connectivity index (χ1n) is 2.61. The van der Waals surface area contributed by atoms with E-state index in [2.05, 4.69) is 0 Å². The zero-order chi connectivity index (χ0) is 6.62. The van der Waals surface area contributed by atoms with Crippen molar-refractivity contribution in [3.63, 3.8) is 0 Å². The van der Waals surface area contributed by atoms with Crippen LogP contribution < -0.4 is 0 Å². The van der Waals surface area contributed by atoms with Crippen LogP contribution in [-0.2, 0) is 0 Å². The van der Waals surface area contributed by atoms with E-state index in [0.29, 0.717) is 0 Å². The highest BCUT2D eigenvalue weighted by molar-refractivity contribution is 4.60. The van der Waals surface area contributed by atoms with Gasteiger partial charge in [-0.1, -0.05) is 6.92 Å². The zero-order valence-corrected chi connectivity index (χ0v) is 4.82. The molecule has 0 rings (SSSR count). The molecular formula is C5H10F2O. The number of rotatable bonds is 3. The normalized spacial score (nSPS) is 12.0. The monoisotopic (exact) mass is 124 g/mol. The Morgan fingerprint density at radius 1 is 1.50 bits per heavy atom. The summed E-state index contributed by atoms with van der Waals surface area (Å²) >= 11 is 0. The maximum atomic E-state index is 12.0. The third-order valence-electron chi connectivity index (χ3n) is 0.995. The molecule has 50 valence electrons.